The van der Waals surface area contributed by atoms with Gasteiger partial charge in [-0.1, -0.05) is 24.3 Å². The molecular formula is C13H17N3. The molecule has 84 valence electrons. The summed E-state index contributed by atoms with van der Waals surface area (Å²) in [5, 5.41) is 4.56. The lowest BCUT2D eigenvalue weighted by molar-refractivity contribution is 0.557. The summed E-state index contributed by atoms with van der Waals surface area (Å²) >= 11 is 0. The van der Waals surface area contributed by atoms with Crippen LogP contribution in [0.25, 0.3) is 10.9 Å². The lowest BCUT2D eigenvalue weighted by Gasteiger charge is -2.12. The van der Waals surface area contributed by atoms with Gasteiger partial charge in [0.1, 0.15) is 0 Å². The Morgan fingerprint density at radius 3 is 2.94 bits per heavy atom. The average Bonchev–Trinajstić information content (AvgIpc) is 2.35. The van der Waals surface area contributed by atoms with E-state index in [2.05, 4.69) is 41.5 Å². The Morgan fingerprint density at radius 1 is 1.31 bits per heavy atom. The molecule has 1 heterocycles. The third-order valence-corrected chi connectivity index (χ3v) is 2.71. The topological polar surface area (TPSA) is 50.9 Å². The first-order valence-electron chi connectivity index (χ1n) is 5.57. The molecule has 1 atom stereocenters. The normalized spacial score (nSPS) is 12.9. The number of hydrogen-bond donors (Lipinski definition) is 2. The number of aromatic nitrogens is 1. The number of benzene rings is 1. The van der Waals surface area contributed by atoms with Gasteiger partial charge in [0.25, 0.3) is 0 Å². The third kappa shape index (κ3) is 2.38. The van der Waals surface area contributed by atoms with Gasteiger partial charge in [0.2, 0.25) is 0 Å². The van der Waals surface area contributed by atoms with E-state index in [1.807, 2.05) is 12.3 Å². The van der Waals surface area contributed by atoms with Crippen LogP contribution in [0.15, 0.2) is 36.5 Å². The highest BCUT2D eigenvalue weighted by atomic mass is 14.9. The highest BCUT2D eigenvalue weighted by Gasteiger charge is 2.03. The van der Waals surface area contributed by atoms with Gasteiger partial charge < -0.3 is 11.1 Å². The predicted octanol–water partition coefficient (Wildman–Crippen LogP) is 1.67. The largest absolute Gasteiger partial charge is 0.329 e. The fraction of sp³-hybridized carbons (Fsp3) is 0.308. The molecule has 0 aliphatic rings. The van der Waals surface area contributed by atoms with Gasteiger partial charge in [-0.2, -0.15) is 0 Å². The first-order chi connectivity index (χ1) is 7.81. The molecule has 0 aliphatic carbocycles. The summed E-state index contributed by atoms with van der Waals surface area (Å²) in [6, 6.07) is 10.6. The van der Waals surface area contributed by atoms with E-state index in [9.17, 15) is 0 Å². The second-order valence-corrected chi connectivity index (χ2v) is 4.01. The van der Waals surface area contributed by atoms with E-state index in [4.69, 9.17) is 5.73 Å². The summed E-state index contributed by atoms with van der Waals surface area (Å²) in [6.07, 6.45) is 1.83. The van der Waals surface area contributed by atoms with Crippen molar-refractivity contribution in [1.82, 2.24) is 10.3 Å². The fourth-order valence-electron chi connectivity index (χ4n) is 1.68. The minimum atomic E-state index is 0.332. The Bertz CT molecular complexity index is 462. The van der Waals surface area contributed by atoms with Crippen LogP contribution in [0.4, 0.5) is 0 Å². The van der Waals surface area contributed by atoms with E-state index in [1.54, 1.807) is 0 Å². The summed E-state index contributed by atoms with van der Waals surface area (Å²) in [7, 11) is 0. The summed E-state index contributed by atoms with van der Waals surface area (Å²) in [4.78, 5) is 4.41. The number of fused-ring (bicyclic) bond motifs is 1. The van der Waals surface area contributed by atoms with Crippen LogP contribution in [0.2, 0.25) is 0 Å². The molecule has 0 amide bonds. The Balaban J connectivity index is 2.23. The second kappa shape index (κ2) is 5.05. The Morgan fingerprint density at radius 2 is 2.12 bits per heavy atom. The van der Waals surface area contributed by atoms with Gasteiger partial charge >= 0.3 is 0 Å². The van der Waals surface area contributed by atoms with Gasteiger partial charge in [-0.25, -0.2) is 0 Å². The number of para-hydroxylation sites is 1. The molecule has 0 spiro atoms. The van der Waals surface area contributed by atoms with Gasteiger partial charge in [0.05, 0.1) is 5.52 Å². The molecule has 3 N–H and O–H groups in total. The molecule has 1 unspecified atom stereocenters. The zero-order valence-corrected chi connectivity index (χ0v) is 9.48. The Labute approximate surface area is 95.7 Å². The first kappa shape index (κ1) is 11.0. The van der Waals surface area contributed by atoms with Crippen LogP contribution >= 0.6 is 0 Å². The standard InChI is InChI=1S/C13H17N3/c1-10(8-14)16-9-12-5-2-4-11-6-3-7-15-13(11)12/h2-7,10,16H,8-9,14H2,1H3. The highest BCUT2D eigenvalue weighted by molar-refractivity contribution is 5.81. The van der Waals surface area contributed by atoms with Crippen LogP contribution < -0.4 is 11.1 Å². The van der Waals surface area contributed by atoms with Crippen LogP contribution in [0, 0.1) is 0 Å². The molecule has 0 radical (unpaired) electrons. The van der Waals surface area contributed by atoms with Crippen LogP contribution in [-0.2, 0) is 6.54 Å². The average molecular weight is 215 g/mol. The molecule has 3 nitrogen and oxygen atoms in total. The molecule has 1 aromatic heterocycles. The number of nitrogens with one attached hydrogen (secondary N) is 1. The van der Waals surface area contributed by atoms with Gasteiger partial charge in [-0.3, -0.25) is 4.98 Å². The molecule has 16 heavy (non-hydrogen) atoms. The van der Waals surface area contributed by atoms with E-state index in [0.717, 1.165) is 12.1 Å². The lowest BCUT2D eigenvalue weighted by atomic mass is 10.1. The first-order valence-corrected chi connectivity index (χ1v) is 5.57. The quantitative estimate of drug-likeness (QED) is 0.815. The molecular weight excluding hydrogens is 198 g/mol. The zero-order valence-electron chi connectivity index (χ0n) is 9.48. The van der Waals surface area contributed by atoms with E-state index in [0.29, 0.717) is 12.6 Å². The number of pyridine rings is 1. The minimum absolute atomic E-state index is 0.332. The monoisotopic (exact) mass is 215 g/mol. The van der Waals surface area contributed by atoms with Gasteiger partial charge in [0.15, 0.2) is 0 Å². The molecule has 0 bridgehead atoms. The smallest absolute Gasteiger partial charge is 0.0746 e. The van der Waals surface area contributed by atoms with Crippen LogP contribution in [0.1, 0.15) is 12.5 Å². The van der Waals surface area contributed by atoms with Gasteiger partial charge in [0, 0.05) is 30.7 Å². The highest BCUT2D eigenvalue weighted by Crippen LogP contribution is 2.15. The van der Waals surface area contributed by atoms with Crippen molar-refractivity contribution in [2.45, 2.75) is 19.5 Å². The molecule has 0 fully saturated rings. The van der Waals surface area contributed by atoms with E-state index in [-0.39, 0.29) is 0 Å². The van der Waals surface area contributed by atoms with E-state index >= 15 is 0 Å². The SMILES string of the molecule is CC(CN)NCc1cccc2cccnc12. The van der Waals surface area contributed by atoms with Crippen LogP contribution in [0.5, 0.6) is 0 Å². The summed E-state index contributed by atoms with van der Waals surface area (Å²) in [6.45, 7) is 3.55. The second-order valence-electron chi connectivity index (χ2n) is 4.01. The van der Waals surface area contributed by atoms with E-state index < -0.39 is 0 Å². The zero-order chi connectivity index (χ0) is 11.4. The van der Waals surface area contributed by atoms with Gasteiger partial charge in [-0.05, 0) is 18.6 Å². The molecule has 2 aromatic rings. The predicted molar refractivity (Wildman–Crippen MR) is 67.1 cm³/mol. The van der Waals surface area contributed by atoms with Crippen molar-refractivity contribution in [3.05, 3.63) is 42.1 Å². The molecule has 0 saturated heterocycles. The van der Waals surface area contributed by atoms with Crippen LogP contribution in [0.3, 0.4) is 0 Å². The van der Waals surface area contributed by atoms with Crippen molar-refractivity contribution in [3.63, 3.8) is 0 Å². The number of nitrogens with zero attached hydrogens (tertiary/aromatic N) is 1. The van der Waals surface area contributed by atoms with Crippen molar-refractivity contribution in [2.24, 2.45) is 5.73 Å². The maximum atomic E-state index is 5.57. The molecule has 1 aromatic carbocycles. The minimum Gasteiger partial charge on any atom is -0.329 e. The summed E-state index contributed by atoms with van der Waals surface area (Å²) < 4.78 is 0. The maximum Gasteiger partial charge on any atom is 0.0746 e. The molecule has 2 rings (SSSR count). The number of nitrogens with two attached hydrogens (primary N) is 1. The third-order valence-electron chi connectivity index (χ3n) is 2.71. The maximum absolute atomic E-state index is 5.57. The number of hydrogen-bond acceptors (Lipinski definition) is 3. The van der Waals surface area contributed by atoms with Crippen molar-refractivity contribution >= 4 is 10.9 Å². The Hall–Kier alpha value is -1.45. The van der Waals surface area contributed by atoms with Crippen molar-refractivity contribution in [1.29, 1.82) is 0 Å². The molecule has 0 saturated carbocycles. The fourth-order valence-corrected chi connectivity index (χ4v) is 1.68. The lowest BCUT2D eigenvalue weighted by Crippen LogP contribution is -2.32. The Kier molecular flexibility index (Phi) is 3.49. The summed E-state index contributed by atoms with van der Waals surface area (Å²) in [5.74, 6) is 0. The van der Waals surface area contributed by atoms with E-state index in [1.165, 1.54) is 10.9 Å². The molecule has 3 heteroatoms. The van der Waals surface area contributed by atoms with Crippen molar-refractivity contribution in [3.8, 4) is 0 Å². The van der Waals surface area contributed by atoms with Crippen LogP contribution in [-0.4, -0.2) is 17.6 Å². The van der Waals surface area contributed by atoms with Crippen molar-refractivity contribution in [2.75, 3.05) is 6.54 Å². The van der Waals surface area contributed by atoms with Gasteiger partial charge in [-0.15, -0.1) is 0 Å². The van der Waals surface area contributed by atoms with Crippen molar-refractivity contribution < 1.29 is 0 Å². The number of rotatable bonds is 4. The summed E-state index contributed by atoms with van der Waals surface area (Å²) in [5.41, 5.74) is 7.86. The molecule has 0 aliphatic heterocycles.